The van der Waals surface area contributed by atoms with Crippen molar-refractivity contribution < 1.29 is 26.6 Å². The SMILES string of the molecule is CCCCCCC1CC(CC)C=[N+]2CCCCC12OCC.F[B-](F)(F)F. The molecule has 2 nitrogen and oxygen atoms in total. The minimum Gasteiger partial charge on any atom is -0.418 e. The molecule has 0 aromatic carbocycles. The number of rotatable bonds is 8. The molecule has 0 radical (unpaired) electrons. The van der Waals surface area contributed by atoms with Crippen LogP contribution < -0.4 is 0 Å². The van der Waals surface area contributed by atoms with Crippen molar-refractivity contribution in [3.8, 4) is 0 Å². The summed E-state index contributed by atoms with van der Waals surface area (Å²) < 4.78 is 48.0. The van der Waals surface area contributed by atoms with E-state index >= 15 is 0 Å². The molecule has 154 valence electrons. The van der Waals surface area contributed by atoms with Crippen LogP contribution in [0.4, 0.5) is 17.3 Å². The third-order valence-electron chi connectivity index (χ3n) is 5.61. The molecule has 1 fully saturated rings. The highest BCUT2D eigenvalue weighted by molar-refractivity contribution is 6.50. The second kappa shape index (κ2) is 11.3. The number of ether oxygens (including phenoxy) is 1. The number of hydrogen-bond donors (Lipinski definition) is 0. The smallest absolute Gasteiger partial charge is 0.418 e. The minimum absolute atomic E-state index is 0.0465. The Morgan fingerprint density at radius 3 is 2.35 bits per heavy atom. The summed E-state index contributed by atoms with van der Waals surface area (Å²) in [6, 6.07) is 0. The number of fused-ring (bicyclic) bond motifs is 1. The van der Waals surface area contributed by atoms with E-state index in [1.807, 2.05) is 0 Å². The molecule has 0 aliphatic carbocycles. The first-order valence-corrected chi connectivity index (χ1v) is 10.4. The van der Waals surface area contributed by atoms with Crippen LogP contribution in [0.5, 0.6) is 0 Å². The highest BCUT2D eigenvalue weighted by atomic mass is 19.5. The molecule has 0 aromatic heterocycles. The predicted octanol–water partition coefficient (Wildman–Crippen LogP) is 6.30. The normalized spacial score (nSPS) is 28.7. The molecule has 7 heteroatoms. The van der Waals surface area contributed by atoms with Gasteiger partial charge in [-0.3, -0.25) is 0 Å². The van der Waals surface area contributed by atoms with Crippen molar-refractivity contribution >= 4 is 13.5 Å². The average Bonchev–Trinajstić information content (AvgIpc) is 2.57. The van der Waals surface area contributed by atoms with E-state index in [1.54, 1.807) is 0 Å². The van der Waals surface area contributed by atoms with Crippen molar-refractivity contribution in [3.05, 3.63) is 0 Å². The molecule has 0 spiro atoms. The van der Waals surface area contributed by atoms with Crippen LogP contribution in [-0.2, 0) is 4.74 Å². The second-order valence-electron chi connectivity index (χ2n) is 7.52. The third-order valence-corrected chi connectivity index (χ3v) is 5.61. The van der Waals surface area contributed by atoms with Gasteiger partial charge in [0.15, 0.2) is 0 Å². The summed E-state index contributed by atoms with van der Waals surface area (Å²) in [5, 5.41) is 0. The molecule has 2 aliphatic rings. The summed E-state index contributed by atoms with van der Waals surface area (Å²) in [6.07, 6.45) is 15.9. The van der Waals surface area contributed by atoms with Crippen LogP contribution >= 0.6 is 0 Å². The number of halogens is 4. The van der Waals surface area contributed by atoms with E-state index in [1.165, 1.54) is 70.8 Å². The fourth-order valence-corrected chi connectivity index (χ4v) is 4.45. The van der Waals surface area contributed by atoms with E-state index in [9.17, 15) is 17.3 Å². The first-order valence-electron chi connectivity index (χ1n) is 10.4. The Balaban J connectivity index is 0.000000597. The predicted molar refractivity (Wildman–Crippen MR) is 100 cm³/mol. The molecule has 1 saturated heterocycles. The van der Waals surface area contributed by atoms with E-state index in [-0.39, 0.29) is 5.72 Å². The molecule has 3 atom stereocenters. The minimum atomic E-state index is -6.00. The van der Waals surface area contributed by atoms with Crippen LogP contribution in [0.15, 0.2) is 0 Å². The van der Waals surface area contributed by atoms with Crippen LogP contribution in [0.2, 0.25) is 0 Å². The summed E-state index contributed by atoms with van der Waals surface area (Å²) in [5.41, 5.74) is 0.0465. The van der Waals surface area contributed by atoms with Crippen molar-refractivity contribution in [1.29, 1.82) is 0 Å². The van der Waals surface area contributed by atoms with E-state index < -0.39 is 7.25 Å². The summed E-state index contributed by atoms with van der Waals surface area (Å²) in [5.74, 6) is 1.51. The first-order chi connectivity index (χ1) is 12.3. The van der Waals surface area contributed by atoms with Crippen LogP contribution in [0.1, 0.15) is 85.0 Å². The fourth-order valence-electron chi connectivity index (χ4n) is 4.45. The summed E-state index contributed by atoms with van der Waals surface area (Å²) in [7, 11) is -6.00. The quantitative estimate of drug-likeness (QED) is 0.208. The third kappa shape index (κ3) is 7.57. The van der Waals surface area contributed by atoms with Gasteiger partial charge in [0.1, 0.15) is 12.8 Å². The lowest BCUT2D eigenvalue weighted by molar-refractivity contribution is -0.686. The molecule has 26 heavy (non-hydrogen) atoms. The highest BCUT2D eigenvalue weighted by Crippen LogP contribution is 2.42. The Bertz CT molecular complexity index is 420. The van der Waals surface area contributed by atoms with Crippen molar-refractivity contribution in [3.63, 3.8) is 0 Å². The molecule has 0 bridgehead atoms. The lowest BCUT2D eigenvalue weighted by Gasteiger charge is -2.43. The van der Waals surface area contributed by atoms with Crippen LogP contribution in [0.25, 0.3) is 0 Å². The van der Waals surface area contributed by atoms with Gasteiger partial charge in [-0.15, -0.1) is 0 Å². The van der Waals surface area contributed by atoms with Crippen LogP contribution in [0, 0.1) is 11.8 Å². The summed E-state index contributed by atoms with van der Waals surface area (Å²) >= 11 is 0. The van der Waals surface area contributed by atoms with E-state index in [0.717, 1.165) is 18.4 Å². The Labute approximate surface area is 156 Å². The van der Waals surface area contributed by atoms with Gasteiger partial charge in [-0.05, 0) is 32.6 Å². The lowest BCUT2D eigenvalue weighted by atomic mass is 9.75. The van der Waals surface area contributed by atoms with Gasteiger partial charge in [-0.1, -0.05) is 39.5 Å². The zero-order valence-corrected chi connectivity index (χ0v) is 16.7. The average molecular weight is 381 g/mol. The molecule has 2 aliphatic heterocycles. The van der Waals surface area contributed by atoms with Crippen molar-refractivity contribution in [1.82, 2.24) is 0 Å². The molecule has 2 heterocycles. The van der Waals surface area contributed by atoms with Gasteiger partial charge >= 0.3 is 7.25 Å². The molecule has 2 rings (SSSR count). The molecule has 0 saturated carbocycles. The zero-order chi connectivity index (χ0) is 19.6. The summed E-state index contributed by atoms with van der Waals surface area (Å²) in [6.45, 7) is 8.87. The van der Waals surface area contributed by atoms with Gasteiger partial charge in [0, 0.05) is 18.8 Å². The van der Waals surface area contributed by atoms with Gasteiger partial charge in [0.25, 0.3) is 5.72 Å². The van der Waals surface area contributed by atoms with Crippen molar-refractivity contribution in [2.45, 2.75) is 90.7 Å². The topological polar surface area (TPSA) is 12.2 Å². The molecule has 0 N–H and O–H groups in total. The maximum absolute atomic E-state index is 9.75. The standard InChI is InChI=1S/C19H36NO.BF4/c1-4-7-8-9-12-18-15-17(5-2)16-20-14-11-10-13-19(18,20)21-6-3;2-1(3,4)5/h16-18H,4-15H2,1-3H3;/q+1;-1. The van der Waals surface area contributed by atoms with E-state index in [2.05, 4.69) is 31.6 Å². The molecule has 0 amide bonds. The first kappa shape index (κ1) is 23.5. The number of unbranched alkanes of at least 4 members (excludes halogenated alkanes) is 3. The monoisotopic (exact) mass is 381 g/mol. The Hall–Kier alpha value is -0.585. The van der Waals surface area contributed by atoms with Crippen molar-refractivity contribution in [2.24, 2.45) is 11.8 Å². The van der Waals surface area contributed by atoms with E-state index in [4.69, 9.17) is 4.74 Å². The second-order valence-corrected chi connectivity index (χ2v) is 7.52. The van der Waals surface area contributed by atoms with Gasteiger partial charge < -0.3 is 22.0 Å². The number of nitrogens with zero attached hydrogens (tertiary/aromatic N) is 1. The molecule has 3 unspecified atom stereocenters. The fraction of sp³-hybridized carbons (Fsp3) is 0.947. The van der Waals surface area contributed by atoms with Gasteiger partial charge in [0.05, 0.1) is 12.5 Å². The van der Waals surface area contributed by atoms with Crippen LogP contribution in [0.3, 0.4) is 0 Å². The largest absolute Gasteiger partial charge is 0.673 e. The molecular weight excluding hydrogens is 345 g/mol. The molecule has 0 aromatic rings. The Morgan fingerprint density at radius 2 is 1.77 bits per heavy atom. The van der Waals surface area contributed by atoms with Gasteiger partial charge in [0.2, 0.25) is 0 Å². The maximum Gasteiger partial charge on any atom is 0.673 e. The lowest BCUT2D eigenvalue weighted by Crippen LogP contribution is -2.57. The van der Waals surface area contributed by atoms with Gasteiger partial charge in [-0.2, -0.15) is 0 Å². The highest BCUT2D eigenvalue weighted by Gasteiger charge is 2.53. The van der Waals surface area contributed by atoms with Gasteiger partial charge in [-0.25, -0.2) is 4.58 Å². The Morgan fingerprint density at radius 1 is 1.08 bits per heavy atom. The summed E-state index contributed by atoms with van der Waals surface area (Å²) in [4.78, 5) is 0. The van der Waals surface area contributed by atoms with Crippen LogP contribution in [-0.4, -0.2) is 36.9 Å². The number of hydrogen-bond acceptors (Lipinski definition) is 1. The van der Waals surface area contributed by atoms with Crippen molar-refractivity contribution in [2.75, 3.05) is 13.2 Å². The Kier molecular flexibility index (Phi) is 10.2. The maximum atomic E-state index is 9.75. The zero-order valence-electron chi connectivity index (χ0n) is 16.7. The van der Waals surface area contributed by atoms with E-state index in [0.29, 0.717) is 0 Å². The molecular formula is C19H36BF4NO. The number of piperidine rings is 1.